The maximum absolute atomic E-state index is 12.9. The number of aryl methyl sites for hydroxylation is 1. The Kier molecular flexibility index (Phi) is 8.64. The Morgan fingerprint density at radius 1 is 1.05 bits per heavy atom. The van der Waals surface area contributed by atoms with Gasteiger partial charge in [0.15, 0.2) is 0 Å². The van der Waals surface area contributed by atoms with E-state index in [1.807, 2.05) is 19.1 Å². The van der Waals surface area contributed by atoms with Gasteiger partial charge in [0, 0.05) is 29.2 Å². The molecule has 42 heavy (non-hydrogen) atoms. The molecule has 1 saturated carbocycles. The number of pyridine rings is 1. The molecule has 0 aliphatic heterocycles. The number of carboxylic acid groups (broad SMARTS) is 1. The van der Waals surface area contributed by atoms with Crippen LogP contribution >= 0.6 is 11.6 Å². The highest BCUT2D eigenvalue weighted by Crippen LogP contribution is 2.35. The molecule has 0 saturated heterocycles. The topological polar surface area (TPSA) is 155 Å². The Labute approximate surface area is 248 Å². The minimum Gasteiger partial charge on any atom is -0.480 e. The van der Waals surface area contributed by atoms with Crippen LogP contribution in [-0.2, 0) is 16.4 Å². The molecule has 5 rings (SSSR count). The molecule has 1 amide bonds. The molecule has 0 unspecified atom stereocenters. The SMILES string of the molecule is CCc1cc2nc(N[C@H]3CC[C@H](NC(=O)O)CC3)ncc2cc1-c1ccc(NS(=O)(=O)c2ccccc2Cl)nc1OC. The minimum atomic E-state index is -3.96. The van der Waals surface area contributed by atoms with Crippen LogP contribution in [0.1, 0.15) is 38.2 Å². The number of halogens is 1. The number of carbonyl (C=O) groups is 1. The maximum atomic E-state index is 12.9. The molecule has 0 spiro atoms. The lowest BCUT2D eigenvalue weighted by molar-refractivity contribution is 0.185. The highest BCUT2D eigenvalue weighted by Gasteiger charge is 2.23. The number of amides is 1. The fraction of sp³-hybridized carbons (Fsp3) is 0.310. The summed E-state index contributed by atoms with van der Waals surface area (Å²) in [5.41, 5.74) is 3.37. The predicted octanol–water partition coefficient (Wildman–Crippen LogP) is 5.71. The molecule has 1 fully saturated rings. The van der Waals surface area contributed by atoms with E-state index in [0.29, 0.717) is 17.9 Å². The van der Waals surface area contributed by atoms with Gasteiger partial charge in [-0.2, -0.15) is 4.98 Å². The number of ether oxygens (including phenoxy) is 1. The summed E-state index contributed by atoms with van der Waals surface area (Å²) in [5, 5.41) is 15.8. The molecule has 4 N–H and O–H groups in total. The number of rotatable bonds is 9. The fourth-order valence-electron chi connectivity index (χ4n) is 5.19. The molecule has 220 valence electrons. The summed E-state index contributed by atoms with van der Waals surface area (Å²) in [4.78, 5) is 24.6. The van der Waals surface area contributed by atoms with Crippen molar-refractivity contribution in [2.45, 2.75) is 56.0 Å². The van der Waals surface area contributed by atoms with E-state index in [2.05, 4.69) is 25.3 Å². The molecule has 1 aliphatic rings. The lowest BCUT2D eigenvalue weighted by Gasteiger charge is -2.28. The maximum Gasteiger partial charge on any atom is 0.404 e. The number of hydrogen-bond acceptors (Lipinski definition) is 8. The Morgan fingerprint density at radius 2 is 1.79 bits per heavy atom. The molecule has 13 heteroatoms. The normalized spacial score (nSPS) is 17.0. The first-order valence-electron chi connectivity index (χ1n) is 13.5. The second-order valence-electron chi connectivity index (χ2n) is 10.0. The number of nitrogens with one attached hydrogen (secondary N) is 3. The third-order valence-electron chi connectivity index (χ3n) is 7.28. The summed E-state index contributed by atoms with van der Waals surface area (Å²) >= 11 is 6.10. The van der Waals surface area contributed by atoms with E-state index in [-0.39, 0.29) is 33.7 Å². The second kappa shape index (κ2) is 12.4. The van der Waals surface area contributed by atoms with E-state index in [1.165, 1.54) is 19.2 Å². The number of fused-ring (bicyclic) bond motifs is 1. The van der Waals surface area contributed by atoms with Crippen molar-refractivity contribution in [1.82, 2.24) is 20.3 Å². The zero-order valence-electron chi connectivity index (χ0n) is 23.1. The van der Waals surface area contributed by atoms with Gasteiger partial charge in [-0.05, 0) is 79.6 Å². The second-order valence-corrected chi connectivity index (χ2v) is 12.1. The molecule has 1 aliphatic carbocycles. The van der Waals surface area contributed by atoms with Crippen molar-refractivity contribution in [3.05, 3.63) is 65.3 Å². The van der Waals surface area contributed by atoms with Crippen LogP contribution in [0.3, 0.4) is 0 Å². The van der Waals surface area contributed by atoms with Crippen molar-refractivity contribution in [3.63, 3.8) is 0 Å². The van der Waals surface area contributed by atoms with Crippen molar-refractivity contribution in [2.24, 2.45) is 0 Å². The van der Waals surface area contributed by atoms with Crippen LogP contribution in [0.25, 0.3) is 22.0 Å². The predicted molar refractivity (Wildman–Crippen MR) is 162 cm³/mol. The van der Waals surface area contributed by atoms with E-state index in [4.69, 9.17) is 26.4 Å². The molecule has 0 atom stereocenters. The van der Waals surface area contributed by atoms with Gasteiger partial charge < -0.3 is 20.5 Å². The fourth-order valence-corrected chi connectivity index (χ4v) is 6.71. The van der Waals surface area contributed by atoms with Crippen molar-refractivity contribution in [3.8, 4) is 17.0 Å². The summed E-state index contributed by atoms with van der Waals surface area (Å²) < 4.78 is 33.9. The molecular weight excluding hydrogens is 580 g/mol. The van der Waals surface area contributed by atoms with E-state index < -0.39 is 16.1 Å². The van der Waals surface area contributed by atoms with Crippen LogP contribution in [-0.4, -0.2) is 53.8 Å². The Bertz CT molecular complexity index is 1730. The van der Waals surface area contributed by atoms with E-state index in [0.717, 1.165) is 47.7 Å². The molecule has 2 heterocycles. The van der Waals surface area contributed by atoms with E-state index in [9.17, 15) is 13.2 Å². The van der Waals surface area contributed by atoms with Crippen molar-refractivity contribution in [1.29, 1.82) is 0 Å². The summed E-state index contributed by atoms with van der Waals surface area (Å²) in [6.07, 6.45) is 4.65. The third-order valence-corrected chi connectivity index (χ3v) is 9.14. The van der Waals surface area contributed by atoms with Gasteiger partial charge in [-0.25, -0.2) is 23.2 Å². The lowest BCUT2D eigenvalue weighted by Crippen LogP contribution is -2.39. The average Bonchev–Trinajstić information content (AvgIpc) is 2.97. The number of aromatic nitrogens is 3. The van der Waals surface area contributed by atoms with Gasteiger partial charge in [0.1, 0.15) is 10.7 Å². The number of hydrogen-bond donors (Lipinski definition) is 4. The summed E-state index contributed by atoms with van der Waals surface area (Å²) in [7, 11) is -2.48. The van der Waals surface area contributed by atoms with Crippen molar-refractivity contribution in [2.75, 3.05) is 17.1 Å². The minimum absolute atomic E-state index is 0.0216. The van der Waals surface area contributed by atoms with Gasteiger partial charge in [-0.15, -0.1) is 0 Å². The van der Waals surface area contributed by atoms with Gasteiger partial charge >= 0.3 is 6.09 Å². The Hall–Kier alpha value is -4.16. The molecule has 4 aromatic rings. The molecular formula is C29H31ClN6O5S. The lowest BCUT2D eigenvalue weighted by atomic mass is 9.91. The van der Waals surface area contributed by atoms with Crippen LogP contribution in [0, 0.1) is 0 Å². The zero-order valence-corrected chi connectivity index (χ0v) is 24.7. The van der Waals surface area contributed by atoms with E-state index in [1.54, 1.807) is 30.5 Å². The van der Waals surface area contributed by atoms with Crippen LogP contribution in [0.4, 0.5) is 16.6 Å². The first kappa shape index (κ1) is 29.3. The summed E-state index contributed by atoms with van der Waals surface area (Å²) in [6.45, 7) is 2.04. The van der Waals surface area contributed by atoms with Crippen molar-refractivity contribution >= 4 is 50.4 Å². The van der Waals surface area contributed by atoms with Gasteiger partial charge in [0.2, 0.25) is 11.8 Å². The quantitative estimate of drug-likeness (QED) is 0.186. The first-order chi connectivity index (χ1) is 20.2. The standard InChI is InChI=1S/C29H31ClN6O5S/c1-3-17-15-24-18(16-31-28(34-24)32-19-8-10-20(11-9-19)33-29(37)38)14-22(17)21-12-13-26(35-27(21)41-2)36-42(39,40)25-7-5-4-6-23(25)30/h4-7,12-16,19-20,33H,3,8-11H2,1-2H3,(H,35,36)(H,37,38)(H,31,32,34)/t19-,20-. The van der Waals surface area contributed by atoms with Gasteiger partial charge in [0.05, 0.1) is 17.6 Å². The first-order valence-corrected chi connectivity index (χ1v) is 15.4. The van der Waals surface area contributed by atoms with Crippen LogP contribution < -0.4 is 20.1 Å². The Morgan fingerprint density at radius 3 is 2.48 bits per heavy atom. The highest BCUT2D eigenvalue weighted by atomic mass is 35.5. The van der Waals surface area contributed by atoms with Crippen LogP contribution in [0.2, 0.25) is 5.02 Å². The smallest absolute Gasteiger partial charge is 0.404 e. The molecule has 2 aromatic carbocycles. The third kappa shape index (κ3) is 6.50. The molecule has 0 bridgehead atoms. The highest BCUT2D eigenvalue weighted by molar-refractivity contribution is 7.92. The Balaban J connectivity index is 1.38. The van der Waals surface area contributed by atoms with Gasteiger partial charge in [-0.3, -0.25) is 4.72 Å². The molecule has 2 aromatic heterocycles. The number of benzene rings is 2. The van der Waals surface area contributed by atoms with Crippen molar-refractivity contribution < 1.29 is 23.1 Å². The number of anilines is 2. The zero-order chi connectivity index (χ0) is 29.9. The number of sulfonamides is 1. The monoisotopic (exact) mass is 610 g/mol. The summed E-state index contributed by atoms with van der Waals surface area (Å²) in [5.74, 6) is 0.887. The van der Waals surface area contributed by atoms with E-state index >= 15 is 0 Å². The summed E-state index contributed by atoms with van der Waals surface area (Å²) in [6, 6.07) is 13.7. The molecule has 11 nitrogen and oxygen atoms in total. The van der Waals surface area contributed by atoms with Crippen LogP contribution in [0.5, 0.6) is 5.88 Å². The van der Waals surface area contributed by atoms with Crippen LogP contribution in [0.15, 0.2) is 59.6 Å². The van der Waals surface area contributed by atoms with Gasteiger partial charge in [0.25, 0.3) is 10.0 Å². The number of methoxy groups -OCH3 is 1. The molecule has 0 radical (unpaired) electrons. The van der Waals surface area contributed by atoms with Gasteiger partial charge in [-0.1, -0.05) is 30.7 Å². The number of nitrogens with zero attached hydrogens (tertiary/aromatic N) is 3. The largest absolute Gasteiger partial charge is 0.480 e. The average molecular weight is 611 g/mol.